The number of carbonyl (C=O) groups excluding carboxylic acids is 2. The van der Waals surface area contributed by atoms with E-state index in [4.69, 9.17) is 4.74 Å². The summed E-state index contributed by atoms with van der Waals surface area (Å²) in [7, 11) is 0. The molecule has 2 heterocycles. The van der Waals surface area contributed by atoms with Gasteiger partial charge in [0, 0.05) is 10.6 Å². The molecule has 2 aromatic heterocycles. The van der Waals surface area contributed by atoms with Crippen molar-refractivity contribution in [1.29, 1.82) is 0 Å². The first kappa shape index (κ1) is 18.8. The standard InChI is InChI=1S/C19H19N3O4S/c1-4-26-19(25)13-6-5-7-14(8-13)21-15(23)9-22-10-20-17-16(18(22)24)11(2)12(3)27-17/h5-8,10H,4,9H2,1-3H3,(H,21,23). The minimum Gasteiger partial charge on any atom is -0.462 e. The van der Waals surface area contributed by atoms with Crippen molar-refractivity contribution in [2.24, 2.45) is 0 Å². The average molecular weight is 385 g/mol. The number of aryl methyl sites for hydroxylation is 2. The normalized spacial score (nSPS) is 10.8. The number of hydrogen-bond donors (Lipinski definition) is 1. The number of fused-ring (bicyclic) bond motifs is 1. The molecule has 0 saturated heterocycles. The van der Waals surface area contributed by atoms with Crippen LogP contribution in [0.5, 0.6) is 0 Å². The Labute approximate surface area is 159 Å². The maximum atomic E-state index is 12.7. The van der Waals surface area contributed by atoms with Crippen LogP contribution < -0.4 is 10.9 Å². The smallest absolute Gasteiger partial charge is 0.338 e. The van der Waals surface area contributed by atoms with Crippen LogP contribution in [0.25, 0.3) is 10.2 Å². The third kappa shape index (κ3) is 3.90. The van der Waals surface area contributed by atoms with Gasteiger partial charge in [0.05, 0.1) is 23.9 Å². The lowest BCUT2D eigenvalue weighted by Crippen LogP contribution is -2.28. The number of esters is 1. The summed E-state index contributed by atoms with van der Waals surface area (Å²) >= 11 is 1.46. The van der Waals surface area contributed by atoms with Crippen molar-refractivity contribution in [3.63, 3.8) is 0 Å². The highest BCUT2D eigenvalue weighted by Gasteiger charge is 2.14. The highest BCUT2D eigenvalue weighted by Crippen LogP contribution is 2.25. The summed E-state index contributed by atoms with van der Waals surface area (Å²) in [6.07, 6.45) is 1.38. The van der Waals surface area contributed by atoms with E-state index in [-0.39, 0.29) is 24.6 Å². The second-order valence-corrected chi connectivity index (χ2v) is 7.19. The van der Waals surface area contributed by atoms with Crippen LogP contribution in [0.4, 0.5) is 5.69 Å². The molecule has 0 saturated carbocycles. The topological polar surface area (TPSA) is 90.3 Å². The Hall–Kier alpha value is -3.00. The summed E-state index contributed by atoms with van der Waals surface area (Å²) < 4.78 is 6.23. The second-order valence-electron chi connectivity index (χ2n) is 5.99. The van der Waals surface area contributed by atoms with E-state index < -0.39 is 5.97 Å². The fourth-order valence-electron chi connectivity index (χ4n) is 2.68. The van der Waals surface area contributed by atoms with Crippen molar-refractivity contribution in [2.45, 2.75) is 27.3 Å². The molecule has 7 nitrogen and oxygen atoms in total. The molecule has 1 aromatic carbocycles. The first-order chi connectivity index (χ1) is 12.9. The summed E-state index contributed by atoms with van der Waals surface area (Å²) in [6.45, 7) is 5.65. The fraction of sp³-hybridized carbons (Fsp3) is 0.263. The lowest BCUT2D eigenvalue weighted by atomic mass is 10.2. The third-order valence-corrected chi connectivity index (χ3v) is 5.24. The highest BCUT2D eigenvalue weighted by molar-refractivity contribution is 7.18. The van der Waals surface area contributed by atoms with Crippen molar-refractivity contribution in [2.75, 3.05) is 11.9 Å². The molecule has 1 N–H and O–H groups in total. The molecule has 0 atom stereocenters. The monoisotopic (exact) mass is 385 g/mol. The molecule has 8 heteroatoms. The summed E-state index contributed by atoms with van der Waals surface area (Å²) in [5.41, 5.74) is 1.45. The zero-order valence-electron chi connectivity index (χ0n) is 15.2. The summed E-state index contributed by atoms with van der Waals surface area (Å²) in [6, 6.07) is 6.46. The lowest BCUT2D eigenvalue weighted by molar-refractivity contribution is -0.116. The lowest BCUT2D eigenvalue weighted by Gasteiger charge is -2.09. The number of nitrogens with one attached hydrogen (secondary N) is 1. The van der Waals surface area contributed by atoms with Gasteiger partial charge in [-0.15, -0.1) is 11.3 Å². The predicted molar refractivity (Wildman–Crippen MR) is 104 cm³/mol. The van der Waals surface area contributed by atoms with E-state index in [1.165, 1.54) is 28.3 Å². The molecule has 3 rings (SSSR count). The zero-order chi connectivity index (χ0) is 19.6. The molecule has 0 fully saturated rings. The van der Waals surface area contributed by atoms with Crippen LogP contribution in [0.2, 0.25) is 0 Å². The SMILES string of the molecule is CCOC(=O)c1cccc(NC(=O)Cn2cnc3sc(C)c(C)c3c2=O)c1. The van der Waals surface area contributed by atoms with E-state index in [0.717, 1.165) is 10.4 Å². The Bertz CT molecular complexity index is 1080. The molecule has 0 bridgehead atoms. The third-order valence-electron chi connectivity index (χ3n) is 4.13. The molecule has 0 aliphatic heterocycles. The molecular weight excluding hydrogens is 366 g/mol. The number of thiophene rings is 1. The van der Waals surface area contributed by atoms with Gasteiger partial charge in [-0.2, -0.15) is 0 Å². The molecule has 140 valence electrons. The number of aromatic nitrogens is 2. The van der Waals surface area contributed by atoms with Gasteiger partial charge in [0.15, 0.2) is 0 Å². The van der Waals surface area contributed by atoms with Crippen LogP contribution in [0.3, 0.4) is 0 Å². The van der Waals surface area contributed by atoms with E-state index >= 15 is 0 Å². The average Bonchev–Trinajstić information content (AvgIpc) is 2.93. The zero-order valence-corrected chi connectivity index (χ0v) is 16.1. The van der Waals surface area contributed by atoms with Crippen LogP contribution in [0, 0.1) is 13.8 Å². The molecule has 27 heavy (non-hydrogen) atoms. The number of carbonyl (C=O) groups is 2. The van der Waals surface area contributed by atoms with E-state index in [0.29, 0.717) is 21.5 Å². The number of hydrogen-bond acceptors (Lipinski definition) is 6. The fourth-order valence-corrected chi connectivity index (χ4v) is 3.66. The molecular formula is C19H19N3O4S. The van der Waals surface area contributed by atoms with Crippen molar-refractivity contribution in [3.8, 4) is 0 Å². The van der Waals surface area contributed by atoms with E-state index in [1.807, 2.05) is 13.8 Å². The Morgan fingerprint density at radius 3 is 2.81 bits per heavy atom. The summed E-state index contributed by atoms with van der Waals surface area (Å²) in [5, 5.41) is 3.24. The van der Waals surface area contributed by atoms with Crippen molar-refractivity contribution >= 4 is 39.1 Å². The van der Waals surface area contributed by atoms with Gasteiger partial charge >= 0.3 is 5.97 Å². The van der Waals surface area contributed by atoms with Crippen molar-refractivity contribution in [1.82, 2.24) is 9.55 Å². The summed E-state index contributed by atoms with van der Waals surface area (Å²) in [4.78, 5) is 42.8. The molecule has 1 amide bonds. The quantitative estimate of drug-likeness (QED) is 0.682. The number of ether oxygens (including phenoxy) is 1. The Morgan fingerprint density at radius 2 is 2.07 bits per heavy atom. The van der Waals surface area contributed by atoms with Crippen LogP contribution in [-0.2, 0) is 16.1 Å². The minimum absolute atomic E-state index is 0.167. The molecule has 3 aromatic rings. The van der Waals surface area contributed by atoms with Crippen molar-refractivity contribution < 1.29 is 14.3 Å². The maximum absolute atomic E-state index is 12.7. The Morgan fingerprint density at radius 1 is 1.30 bits per heavy atom. The number of amides is 1. The van der Waals surface area contributed by atoms with Gasteiger partial charge in [0.1, 0.15) is 11.4 Å². The Balaban J connectivity index is 1.79. The molecule has 0 radical (unpaired) electrons. The van der Waals surface area contributed by atoms with E-state index in [9.17, 15) is 14.4 Å². The maximum Gasteiger partial charge on any atom is 0.338 e. The first-order valence-electron chi connectivity index (χ1n) is 8.43. The van der Waals surface area contributed by atoms with Gasteiger partial charge in [-0.1, -0.05) is 6.07 Å². The molecule has 0 spiro atoms. The molecule has 0 aliphatic carbocycles. The number of benzene rings is 1. The molecule has 0 aliphatic rings. The number of rotatable bonds is 5. The van der Waals surface area contributed by atoms with E-state index in [1.54, 1.807) is 25.1 Å². The van der Waals surface area contributed by atoms with E-state index in [2.05, 4.69) is 10.3 Å². The van der Waals surface area contributed by atoms with Gasteiger partial charge < -0.3 is 10.1 Å². The summed E-state index contributed by atoms with van der Waals surface area (Å²) in [5.74, 6) is -0.841. The second kappa shape index (κ2) is 7.71. The minimum atomic E-state index is -0.456. The Kier molecular flexibility index (Phi) is 5.36. The van der Waals surface area contributed by atoms with Gasteiger partial charge in [0.2, 0.25) is 5.91 Å². The van der Waals surface area contributed by atoms with Gasteiger partial charge in [-0.25, -0.2) is 9.78 Å². The van der Waals surface area contributed by atoms with Gasteiger partial charge in [-0.05, 0) is 44.5 Å². The van der Waals surface area contributed by atoms with Crippen LogP contribution in [0.1, 0.15) is 27.7 Å². The number of nitrogens with zero attached hydrogens (tertiary/aromatic N) is 2. The predicted octanol–water partition coefficient (Wildman–Crippen LogP) is 2.89. The van der Waals surface area contributed by atoms with Crippen LogP contribution in [0.15, 0.2) is 35.4 Å². The van der Waals surface area contributed by atoms with Gasteiger partial charge in [-0.3, -0.25) is 14.2 Å². The largest absolute Gasteiger partial charge is 0.462 e. The first-order valence-corrected chi connectivity index (χ1v) is 9.24. The van der Waals surface area contributed by atoms with Crippen LogP contribution >= 0.6 is 11.3 Å². The van der Waals surface area contributed by atoms with Crippen LogP contribution in [-0.4, -0.2) is 28.0 Å². The van der Waals surface area contributed by atoms with Gasteiger partial charge in [0.25, 0.3) is 5.56 Å². The highest BCUT2D eigenvalue weighted by atomic mass is 32.1. The molecule has 0 unspecified atom stereocenters. The number of anilines is 1. The van der Waals surface area contributed by atoms with Crippen molar-refractivity contribution in [3.05, 3.63) is 57.0 Å².